The predicted molar refractivity (Wildman–Crippen MR) is 108 cm³/mol. The molecule has 0 amide bonds. The number of alkyl halides is 3. The van der Waals surface area contributed by atoms with Gasteiger partial charge in [0.1, 0.15) is 5.78 Å². The maximum Gasteiger partial charge on any atom is 0.416 e. The van der Waals surface area contributed by atoms with Crippen molar-refractivity contribution in [2.45, 2.75) is 65.5 Å². The number of ketones is 2. The van der Waals surface area contributed by atoms with Crippen LogP contribution in [0.3, 0.4) is 0 Å². The van der Waals surface area contributed by atoms with E-state index in [2.05, 4.69) is 0 Å². The molecule has 1 fully saturated rings. The summed E-state index contributed by atoms with van der Waals surface area (Å²) in [7, 11) is 0. The summed E-state index contributed by atoms with van der Waals surface area (Å²) < 4.78 is 41.6. The molecule has 0 saturated heterocycles. The lowest BCUT2D eigenvalue weighted by molar-refractivity contribution is -0.139. The first-order valence-electron chi connectivity index (χ1n) is 10.3. The number of Topliss-reactive ketones (excluding diaryl/α,β-unsaturated/α-hetero) is 2. The average molecular weight is 417 g/mol. The van der Waals surface area contributed by atoms with Crippen LogP contribution in [-0.4, -0.2) is 17.3 Å². The van der Waals surface area contributed by atoms with Crippen molar-refractivity contribution in [1.29, 1.82) is 0 Å². The van der Waals surface area contributed by atoms with E-state index in [1.165, 1.54) is 12.1 Å². The number of carbonyl (C=O) groups excluding carboxylic acids is 2. The lowest BCUT2D eigenvalue weighted by Crippen LogP contribution is -2.45. The van der Waals surface area contributed by atoms with Crippen molar-refractivity contribution < 1.29 is 22.8 Å². The van der Waals surface area contributed by atoms with Gasteiger partial charge >= 0.3 is 6.18 Å². The van der Waals surface area contributed by atoms with Gasteiger partial charge in [0.25, 0.3) is 0 Å². The number of nitrogens with zero attached hydrogens (tertiary/aromatic N) is 1. The second kappa shape index (κ2) is 6.63. The van der Waals surface area contributed by atoms with Gasteiger partial charge < -0.3 is 0 Å². The Bertz CT molecular complexity index is 998. The highest BCUT2D eigenvalue weighted by Gasteiger charge is 2.51. The van der Waals surface area contributed by atoms with Crippen molar-refractivity contribution in [2.24, 2.45) is 21.7 Å². The summed E-state index contributed by atoms with van der Waals surface area (Å²) in [5.74, 6) is -2.04. The highest BCUT2D eigenvalue weighted by Crippen LogP contribution is 2.53. The van der Waals surface area contributed by atoms with Crippen molar-refractivity contribution in [1.82, 2.24) is 0 Å². The van der Waals surface area contributed by atoms with Gasteiger partial charge in [-0.25, -0.2) is 0 Å². The lowest BCUT2D eigenvalue weighted by Gasteiger charge is -2.44. The number of allylic oxidation sites excluding steroid dienone is 2. The number of aliphatic imine (C=N–C) groups is 1. The van der Waals surface area contributed by atoms with E-state index in [1.54, 1.807) is 6.07 Å². The second-order valence-electron chi connectivity index (χ2n) is 10.4. The van der Waals surface area contributed by atoms with E-state index in [1.807, 2.05) is 27.7 Å². The highest BCUT2D eigenvalue weighted by atomic mass is 19.4. The van der Waals surface area contributed by atoms with Crippen molar-refractivity contribution in [3.05, 3.63) is 46.7 Å². The number of rotatable bonds is 1. The smallest absolute Gasteiger partial charge is 0.299 e. The van der Waals surface area contributed by atoms with Crippen LogP contribution >= 0.6 is 0 Å². The summed E-state index contributed by atoms with van der Waals surface area (Å²) in [5, 5.41) is 0. The fourth-order valence-corrected chi connectivity index (χ4v) is 5.37. The third-order valence-electron chi connectivity index (χ3n) is 6.44. The van der Waals surface area contributed by atoms with E-state index in [9.17, 15) is 22.8 Å². The van der Waals surface area contributed by atoms with Crippen LogP contribution in [0.4, 0.5) is 13.2 Å². The standard InChI is InChI=1S/C24H26F3NO2/c1-22(2)9-15-20(17(29)11-22)19(13-7-5-6-8-14(13)24(25,26)27)21-16(28-15)10-23(3,4)12-18(21)30/h5-8,19-20H,9-12H2,1-4H3/t19-,20-/m1/s1. The summed E-state index contributed by atoms with van der Waals surface area (Å²) >= 11 is 0. The molecule has 0 radical (unpaired) electrons. The molecule has 0 bridgehead atoms. The van der Waals surface area contributed by atoms with Crippen LogP contribution in [0.25, 0.3) is 0 Å². The van der Waals surface area contributed by atoms with E-state index >= 15 is 0 Å². The Balaban J connectivity index is 1.97. The van der Waals surface area contributed by atoms with Crippen LogP contribution in [0, 0.1) is 16.7 Å². The minimum absolute atomic E-state index is 0.0102. The van der Waals surface area contributed by atoms with Gasteiger partial charge in [0, 0.05) is 35.7 Å². The third kappa shape index (κ3) is 3.54. The van der Waals surface area contributed by atoms with E-state index in [0.29, 0.717) is 29.8 Å². The Morgan fingerprint density at radius 2 is 1.53 bits per heavy atom. The van der Waals surface area contributed by atoms with Crippen molar-refractivity contribution in [3.63, 3.8) is 0 Å². The van der Waals surface area contributed by atoms with Crippen molar-refractivity contribution in [2.75, 3.05) is 0 Å². The molecular weight excluding hydrogens is 391 g/mol. The van der Waals surface area contributed by atoms with Crippen molar-refractivity contribution >= 4 is 17.3 Å². The maximum absolute atomic E-state index is 13.9. The number of carbonyl (C=O) groups is 2. The van der Waals surface area contributed by atoms with Gasteiger partial charge in [-0.05, 0) is 35.3 Å². The molecule has 1 aliphatic heterocycles. The summed E-state index contributed by atoms with van der Waals surface area (Å²) in [6, 6.07) is 5.35. The van der Waals surface area contributed by atoms with Gasteiger partial charge in [0.05, 0.1) is 11.5 Å². The van der Waals surface area contributed by atoms with Crippen LogP contribution < -0.4 is 0 Å². The van der Waals surface area contributed by atoms with E-state index in [4.69, 9.17) is 4.99 Å². The van der Waals surface area contributed by atoms with E-state index < -0.39 is 23.6 Å². The highest BCUT2D eigenvalue weighted by molar-refractivity contribution is 6.13. The first-order valence-corrected chi connectivity index (χ1v) is 10.3. The summed E-state index contributed by atoms with van der Waals surface area (Å²) in [6.45, 7) is 7.88. The minimum atomic E-state index is -4.57. The first-order chi connectivity index (χ1) is 13.8. The molecule has 1 heterocycles. The summed E-state index contributed by atoms with van der Waals surface area (Å²) in [5.41, 5.74) is 0.127. The minimum Gasteiger partial charge on any atom is -0.299 e. The Kier molecular flexibility index (Phi) is 4.64. The zero-order valence-corrected chi connectivity index (χ0v) is 17.7. The fraction of sp³-hybridized carbons (Fsp3) is 0.542. The molecule has 2 aliphatic carbocycles. The molecule has 1 aromatic rings. The Morgan fingerprint density at radius 1 is 0.900 bits per heavy atom. The zero-order chi connectivity index (χ0) is 22.1. The van der Waals surface area contributed by atoms with Gasteiger partial charge in [0.2, 0.25) is 0 Å². The second-order valence-corrected chi connectivity index (χ2v) is 10.4. The maximum atomic E-state index is 13.9. The molecular formula is C24H26F3NO2. The van der Waals surface area contributed by atoms with Gasteiger partial charge in [-0.2, -0.15) is 13.2 Å². The molecule has 3 nitrogen and oxygen atoms in total. The number of hydrogen-bond donors (Lipinski definition) is 0. The number of hydrogen-bond acceptors (Lipinski definition) is 3. The van der Waals surface area contributed by atoms with Gasteiger partial charge in [0.15, 0.2) is 5.78 Å². The van der Waals surface area contributed by atoms with Gasteiger partial charge in [-0.1, -0.05) is 45.9 Å². The number of fused-ring (bicyclic) bond motifs is 1. The Hall–Kier alpha value is -2.24. The molecule has 0 unspecified atom stereocenters. The van der Waals surface area contributed by atoms with Crippen LogP contribution in [0.15, 0.2) is 40.5 Å². The fourth-order valence-electron chi connectivity index (χ4n) is 5.37. The molecule has 0 spiro atoms. The quantitative estimate of drug-likeness (QED) is 0.572. The normalized spacial score (nSPS) is 28.0. The number of halogens is 3. The van der Waals surface area contributed by atoms with Crippen LogP contribution in [-0.2, 0) is 15.8 Å². The molecule has 160 valence electrons. The molecule has 1 saturated carbocycles. The van der Waals surface area contributed by atoms with Gasteiger partial charge in [-0.15, -0.1) is 0 Å². The number of benzene rings is 1. The molecule has 30 heavy (non-hydrogen) atoms. The molecule has 6 heteroatoms. The lowest BCUT2D eigenvalue weighted by atomic mass is 9.60. The summed E-state index contributed by atoms with van der Waals surface area (Å²) in [6.07, 6.45) is -3.00. The largest absolute Gasteiger partial charge is 0.416 e. The average Bonchev–Trinajstić information content (AvgIpc) is 2.57. The third-order valence-corrected chi connectivity index (χ3v) is 6.44. The van der Waals surface area contributed by atoms with Gasteiger partial charge in [-0.3, -0.25) is 14.6 Å². The topological polar surface area (TPSA) is 46.5 Å². The van der Waals surface area contributed by atoms with Crippen LogP contribution in [0.1, 0.15) is 70.4 Å². The zero-order valence-electron chi connectivity index (χ0n) is 17.7. The first kappa shape index (κ1) is 21.0. The molecule has 0 aromatic heterocycles. The Morgan fingerprint density at radius 3 is 2.20 bits per heavy atom. The monoisotopic (exact) mass is 417 g/mol. The van der Waals surface area contributed by atoms with Crippen LogP contribution in [0.5, 0.6) is 0 Å². The molecule has 1 aromatic carbocycles. The summed E-state index contributed by atoms with van der Waals surface area (Å²) in [4.78, 5) is 31.1. The molecule has 2 atom stereocenters. The van der Waals surface area contributed by atoms with Crippen molar-refractivity contribution in [3.8, 4) is 0 Å². The molecule has 4 rings (SSSR count). The molecule has 0 N–H and O–H groups in total. The Labute approximate surface area is 174 Å². The van der Waals surface area contributed by atoms with Crippen LogP contribution in [0.2, 0.25) is 0 Å². The van der Waals surface area contributed by atoms with E-state index in [0.717, 1.165) is 6.07 Å². The van der Waals surface area contributed by atoms with E-state index in [-0.39, 0.29) is 40.8 Å². The SMILES string of the molecule is CC1(C)CC(=O)[C@H]2C(=NC3=C(C(=O)CC(C)(C)C3)[C@@H]2c2ccccc2C(F)(F)F)C1. The molecule has 3 aliphatic rings. The predicted octanol–water partition coefficient (Wildman–Crippen LogP) is 5.89.